The van der Waals surface area contributed by atoms with Crippen LogP contribution in [0.15, 0.2) is 24.5 Å². The van der Waals surface area contributed by atoms with Crippen LogP contribution in [0.25, 0.3) is 5.57 Å². The summed E-state index contributed by atoms with van der Waals surface area (Å²) in [5.74, 6) is 3.37. The molecule has 1 aliphatic heterocycles. The van der Waals surface area contributed by atoms with Crippen molar-refractivity contribution in [1.82, 2.24) is 4.98 Å². The Kier molecular flexibility index (Phi) is 4.16. The van der Waals surface area contributed by atoms with Crippen LogP contribution in [-0.4, -0.2) is 24.3 Å². The minimum absolute atomic E-state index is 0.288. The van der Waals surface area contributed by atoms with Gasteiger partial charge in [0, 0.05) is 12.8 Å². The van der Waals surface area contributed by atoms with Crippen molar-refractivity contribution in [1.29, 1.82) is 0 Å². The highest BCUT2D eigenvalue weighted by molar-refractivity contribution is 5.73. The van der Waals surface area contributed by atoms with Crippen molar-refractivity contribution in [3.8, 4) is 5.75 Å². The molecule has 0 spiro atoms. The molecule has 0 amide bonds. The Hall–Kier alpha value is -1.35. The lowest BCUT2D eigenvalue weighted by molar-refractivity contribution is -0.0889. The highest BCUT2D eigenvalue weighted by Gasteiger charge is 2.59. The summed E-state index contributed by atoms with van der Waals surface area (Å²) in [6.07, 6.45) is 14.7. The van der Waals surface area contributed by atoms with Gasteiger partial charge < -0.3 is 9.47 Å². The van der Waals surface area contributed by atoms with Crippen LogP contribution in [0.4, 0.5) is 0 Å². The molecular weight excluding hydrogens is 334 g/mol. The van der Waals surface area contributed by atoms with Gasteiger partial charge in [0.1, 0.15) is 5.75 Å². The summed E-state index contributed by atoms with van der Waals surface area (Å²) in [6.45, 7) is 8.76. The zero-order valence-corrected chi connectivity index (χ0v) is 17.0. The van der Waals surface area contributed by atoms with Crippen LogP contribution in [0.5, 0.6) is 5.75 Å². The maximum absolute atomic E-state index is 6.14. The standard InChI is InChI=1S/C24H33NO2/c1-4-26-17-13-16(14-25-15-17)19-6-7-20-18-5-8-22-24(3,11-12-27-22)21(18)9-10-23(19,20)2/h6,13-15,18,20-22H,4-5,7-12H2,1-3H3/t18-,20-,21-,22-,23+,24+/m0/s1. The van der Waals surface area contributed by atoms with Crippen molar-refractivity contribution in [3.05, 3.63) is 30.1 Å². The zero-order valence-electron chi connectivity index (χ0n) is 17.0. The fraction of sp³-hybridized carbons (Fsp3) is 0.708. The van der Waals surface area contributed by atoms with Gasteiger partial charge >= 0.3 is 0 Å². The van der Waals surface area contributed by atoms with Gasteiger partial charge in [-0.1, -0.05) is 19.9 Å². The summed E-state index contributed by atoms with van der Waals surface area (Å²) < 4.78 is 11.9. The molecule has 27 heavy (non-hydrogen) atoms. The van der Waals surface area contributed by atoms with Crippen molar-refractivity contribution < 1.29 is 9.47 Å². The number of rotatable bonds is 3. The lowest BCUT2D eigenvalue weighted by atomic mass is 9.48. The molecule has 6 atom stereocenters. The van der Waals surface area contributed by atoms with Gasteiger partial charge in [0.05, 0.1) is 18.9 Å². The summed E-state index contributed by atoms with van der Waals surface area (Å²) in [6, 6.07) is 2.20. The van der Waals surface area contributed by atoms with Crippen LogP contribution < -0.4 is 4.74 Å². The topological polar surface area (TPSA) is 31.4 Å². The first-order chi connectivity index (χ1) is 13.1. The summed E-state index contributed by atoms with van der Waals surface area (Å²) in [7, 11) is 0. The van der Waals surface area contributed by atoms with Crippen LogP contribution >= 0.6 is 0 Å². The van der Waals surface area contributed by atoms with E-state index in [0.29, 0.717) is 18.1 Å². The molecule has 5 rings (SSSR count). The Morgan fingerprint density at radius 1 is 1.15 bits per heavy atom. The number of allylic oxidation sites excluding steroid dienone is 2. The van der Waals surface area contributed by atoms with E-state index in [0.717, 1.165) is 30.1 Å². The van der Waals surface area contributed by atoms with Crippen molar-refractivity contribution in [2.45, 2.75) is 65.4 Å². The van der Waals surface area contributed by atoms with Gasteiger partial charge in [-0.25, -0.2) is 0 Å². The van der Waals surface area contributed by atoms with Crippen molar-refractivity contribution in [2.24, 2.45) is 28.6 Å². The minimum atomic E-state index is 0.288. The fourth-order valence-electron chi connectivity index (χ4n) is 7.29. The third kappa shape index (κ3) is 2.53. The van der Waals surface area contributed by atoms with E-state index in [4.69, 9.17) is 9.47 Å². The molecule has 3 nitrogen and oxygen atoms in total. The molecule has 0 unspecified atom stereocenters. The van der Waals surface area contributed by atoms with Crippen molar-refractivity contribution in [2.75, 3.05) is 13.2 Å². The molecule has 2 heterocycles. The first kappa shape index (κ1) is 17.7. The second kappa shape index (κ2) is 6.34. The minimum Gasteiger partial charge on any atom is -0.492 e. The van der Waals surface area contributed by atoms with E-state index in [1.807, 2.05) is 19.3 Å². The third-order valence-corrected chi connectivity index (χ3v) is 8.66. The quantitative estimate of drug-likeness (QED) is 0.706. The van der Waals surface area contributed by atoms with Gasteiger partial charge in [0.2, 0.25) is 0 Å². The second-order valence-electron chi connectivity index (χ2n) is 9.72. The SMILES string of the molecule is CCOc1cncc(C2=CC[C@H]3[C@@H]4CC[C@@H]5OCC[C@]5(C)[C@H]4CC[C@]23C)c1. The number of hydrogen-bond donors (Lipinski definition) is 0. The van der Waals surface area contributed by atoms with Crippen LogP contribution in [0.1, 0.15) is 64.9 Å². The molecule has 1 aromatic rings. The molecule has 3 aliphatic carbocycles. The molecule has 0 radical (unpaired) electrons. The number of nitrogens with zero attached hydrogens (tertiary/aromatic N) is 1. The molecular formula is C24H33NO2. The zero-order chi connectivity index (χ0) is 18.6. The van der Waals surface area contributed by atoms with Crippen LogP contribution in [0, 0.1) is 28.6 Å². The smallest absolute Gasteiger partial charge is 0.138 e. The molecule has 0 bridgehead atoms. The molecule has 146 valence electrons. The van der Waals surface area contributed by atoms with E-state index >= 15 is 0 Å². The summed E-state index contributed by atoms with van der Waals surface area (Å²) in [4.78, 5) is 4.47. The Balaban J connectivity index is 1.44. The first-order valence-electron chi connectivity index (χ1n) is 11.0. The monoisotopic (exact) mass is 367 g/mol. The van der Waals surface area contributed by atoms with Crippen LogP contribution in [-0.2, 0) is 4.74 Å². The van der Waals surface area contributed by atoms with Crippen molar-refractivity contribution in [3.63, 3.8) is 0 Å². The first-order valence-corrected chi connectivity index (χ1v) is 11.0. The Morgan fingerprint density at radius 3 is 2.89 bits per heavy atom. The van der Waals surface area contributed by atoms with Gasteiger partial charge in [-0.3, -0.25) is 4.98 Å². The van der Waals surface area contributed by atoms with Gasteiger partial charge in [-0.2, -0.15) is 0 Å². The molecule has 4 aliphatic rings. The van der Waals surface area contributed by atoms with E-state index in [1.165, 1.54) is 49.7 Å². The Bertz CT molecular complexity index is 759. The predicted octanol–water partition coefficient (Wildman–Crippen LogP) is 5.51. The van der Waals surface area contributed by atoms with Gasteiger partial charge in [-0.15, -0.1) is 0 Å². The Morgan fingerprint density at radius 2 is 2.04 bits per heavy atom. The molecule has 0 N–H and O–H groups in total. The van der Waals surface area contributed by atoms with E-state index in [1.54, 1.807) is 0 Å². The number of pyridine rings is 1. The van der Waals surface area contributed by atoms with E-state index < -0.39 is 0 Å². The van der Waals surface area contributed by atoms with Gasteiger partial charge in [0.15, 0.2) is 0 Å². The summed E-state index contributed by atoms with van der Waals surface area (Å²) in [5, 5.41) is 0. The fourth-order valence-corrected chi connectivity index (χ4v) is 7.29. The second-order valence-corrected chi connectivity index (χ2v) is 9.72. The number of hydrogen-bond acceptors (Lipinski definition) is 3. The molecule has 3 fully saturated rings. The predicted molar refractivity (Wildman–Crippen MR) is 108 cm³/mol. The summed E-state index contributed by atoms with van der Waals surface area (Å²) >= 11 is 0. The molecule has 0 aromatic carbocycles. The average molecular weight is 368 g/mol. The van der Waals surface area contributed by atoms with Crippen molar-refractivity contribution >= 4 is 5.57 Å². The average Bonchev–Trinajstić information content (AvgIpc) is 3.21. The highest BCUT2D eigenvalue weighted by Crippen LogP contribution is 2.66. The summed E-state index contributed by atoms with van der Waals surface area (Å²) in [5.41, 5.74) is 3.50. The van der Waals surface area contributed by atoms with Crippen LogP contribution in [0.2, 0.25) is 0 Å². The number of aromatic nitrogens is 1. The lowest BCUT2D eigenvalue weighted by Crippen LogP contribution is -2.51. The van der Waals surface area contributed by atoms with E-state index in [9.17, 15) is 0 Å². The molecule has 2 saturated carbocycles. The molecule has 1 aromatic heterocycles. The maximum atomic E-state index is 6.14. The largest absolute Gasteiger partial charge is 0.492 e. The van der Waals surface area contributed by atoms with E-state index in [2.05, 4.69) is 31.0 Å². The van der Waals surface area contributed by atoms with Gasteiger partial charge in [-0.05, 0) is 91.2 Å². The van der Waals surface area contributed by atoms with Crippen LogP contribution in [0.3, 0.4) is 0 Å². The molecule has 3 heteroatoms. The number of ether oxygens (including phenoxy) is 2. The van der Waals surface area contributed by atoms with E-state index in [-0.39, 0.29) is 5.41 Å². The number of fused-ring (bicyclic) bond motifs is 5. The maximum Gasteiger partial charge on any atom is 0.138 e. The Labute approximate surface area is 163 Å². The molecule has 1 saturated heterocycles. The highest BCUT2D eigenvalue weighted by atomic mass is 16.5. The third-order valence-electron chi connectivity index (χ3n) is 8.66. The normalized spacial score (nSPS) is 42.9. The lowest BCUT2D eigenvalue weighted by Gasteiger charge is -2.56. The van der Waals surface area contributed by atoms with Gasteiger partial charge in [0.25, 0.3) is 0 Å².